The molecule has 2 heteroatoms. The predicted molar refractivity (Wildman–Crippen MR) is 68.5 cm³/mol. The molecule has 1 nitrogen and oxygen atoms in total. The van der Waals surface area contributed by atoms with Gasteiger partial charge in [-0.1, -0.05) is 37.6 Å². The Morgan fingerprint density at radius 1 is 1.33 bits per heavy atom. The van der Waals surface area contributed by atoms with Gasteiger partial charge in [-0.05, 0) is 17.5 Å². The van der Waals surface area contributed by atoms with E-state index in [9.17, 15) is 0 Å². The molecule has 0 aliphatic carbocycles. The number of hydrogen-bond acceptors (Lipinski definition) is 2. The molecule has 82 valence electrons. The van der Waals surface area contributed by atoms with E-state index < -0.39 is 0 Å². The van der Waals surface area contributed by atoms with Crippen LogP contribution < -0.4 is 5.32 Å². The molecule has 1 aromatic rings. The molecule has 1 saturated heterocycles. The number of thioether (sulfide) groups is 1. The van der Waals surface area contributed by atoms with E-state index in [-0.39, 0.29) is 0 Å². The van der Waals surface area contributed by atoms with Crippen LogP contribution in [0.15, 0.2) is 24.3 Å². The Hall–Kier alpha value is -0.470. The molecule has 0 radical (unpaired) electrons. The summed E-state index contributed by atoms with van der Waals surface area (Å²) in [6.07, 6.45) is 2.43. The van der Waals surface area contributed by atoms with Gasteiger partial charge >= 0.3 is 0 Å². The average molecular weight is 221 g/mol. The third-order valence-electron chi connectivity index (χ3n) is 2.84. The SMILES string of the molecule is CCCc1ccc(C2CSCCN2)cc1. The van der Waals surface area contributed by atoms with Crippen LogP contribution >= 0.6 is 11.8 Å². The first-order chi connectivity index (χ1) is 7.40. The lowest BCUT2D eigenvalue weighted by molar-refractivity contribution is 0.595. The summed E-state index contributed by atoms with van der Waals surface area (Å²) in [6, 6.07) is 9.70. The molecule has 0 amide bonds. The minimum atomic E-state index is 0.569. The fraction of sp³-hybridized carbons (Fsp3) is 0.538. The second-order valence-corrected chi connectivity index (χ2v) is 5.22. The number of nitrogens with one attached hydrogen (secondary N) is 1. The largest absolute Gasteiger partial charge is 0.308 e. The summed E-state index contributed by atoms with van der Waals surface area (Å²) >= 11 is 2.05. The number of hydrogen-bond donors (Lipinski definition) is 1. The van der Waals surface area contributed by atoms with Gasteiger partial charge in [-0.3, -0.25) is 0 Å². The smallest absolute Gasteiger partial charge is 0.0412 e. The Labute approximate surface area is 96.7 Å². The van der Waals surface area contributed by atoms with Crippen LogP contribution in [0.5, 0.6) is 0 Å². The van der Waals surface area contributed by atoms with Crippen molar-refractivity contribution in [3.05, 3.63) is 35.4 Å². The minimum Gasteiger partial charge on any atom is -0.308 e. The van der Waals surface area contributed by atoms with E-state index in [1.807, 2.05) is 11.8 Å². The fourth-order valence-corrected chi connectivity index (χ4v) is 2.96. The number of aryl methyl sites for hydroxylation is 1. The lowest BCUT2D eigenvalue weighted by Crippen LogP contribution is -2.30. The molecular formula is C13H19NS. The van der Waals surface area contributed by atoms with Crippen molar-refractivity contribution in [3.8, 4) is 0 Å². The molecule has 1 aliphatic heterocycles. The molecule has 1 fully saturated rings. The first-order valence-electron chi connectivity index (χ1n) is 5.80. The molecule has 0 saturated carbocycles. The normalized spacial score (nSPS) is 21.5. The van der Waals surface area contributed by atoms with E-state index in [0.29, 0.717) is 6.04 Å². The first kappa shape index (κ1) is 11.0. The van der Waals surface area contributed by atoms with Crippen LogP contribution in [0, 0.1) is 0 Å². The van der Waals surface area contributed by atoms with Gasteiger partial charge < -0.3 is 5.32 Å². The highest BCUT2D eigenvalue weighted by Crippen LogP contribution is 2.22. The van der Waals surface area contributed by atoms with Crippen LogP contribution in [0.25, 0.3) is 0 Å². The molecule has 0 aromatic heterocycles. The standard InChI is InChI=1S/C13H19NS/c1-2-3-11-4-6-12(7-5-11)13-10-15-9-8-14-13/h4-7,13-14H,2-3,8-10H2,1H3. The third-order valence-corrected chi connectivity index (χ3v) is 3.90. The van der Waals surface area contributed by atoms with Crippen molar-refractivity contribution in [2.75, 3.05) is 18.1 Å². The van der Waals surface area contributed by atoms with Gasteiger partial charge in [0.05, 0.1) is 0 Å². The van der Waals surface area contributed by atoms with Gasteiger partial charge in [0.1, 0.15) is 0 Å². The van der Waals surface area contributed by atoms with Crippen LogP contribution in [-0.4, -0.2) is 18.1 Å². The van der Waals surface area contributed by atoms with Crippen LogP contribution in [0.2, 0.25) is 0 Å². The van der Waals surface area contributed by atoms with Gasteiger partial charge in [0.15, 0.2) is 0 Å². The summed E-state index contributed by atoms with van der Waals surface area (Å²) in [7, 11) is 0. The van der Waals surface area contributed by atoms with Crippen molar-refractivity contribution in [2.45, 2.75) is 25.8 Å². The van der Waals surface area contributed by atoms with E-state index in [4.69, 9.17) is 0 Å². The maximum absolute atomic E-state index is 3.57. The summed E-state index contributed by atoms with van der Waals surface area (Å²) < 4.78 is 0. The van der Waals surface area contributed by atoms with E-state index >= 15 is 0 Å². The highest BCUT2D eigenvalue weighted by molar-refractivity contribution is 7.99. The van der Waals surface area contributed by atoms with Crippen LogP contribution in [0.1, 0.15) is 30.5 Å². The molecule has 2 rings (SSSR count). The highest BCUT2D eigenvalue weighted by Gasteiger charge is 2.14. The Morgan fingerprint density at radius 3 is 2.73 bits per heavy atom. The van der Waals surface area contributed by atoms with Crippen molar-refractivity contribution in [2.24, 2.45) is 0 Å². The molecule has 1 aromatic carbocycles. The van der Waals surface area contributed by atoms with Gasteiger partial charge in [-0.25, -0.2) is 0 Å². The Balaban J connectivity index is 2.02. The molecule has 0 bridgehead atoms. The summed E-state index contributed by atoms with van der Waals surface area (Å²) in [6.45, 7) is 3.37. The Morgan fingerprint density at radius 2 is 2.13 bits per heavy atom. The summed E-state index contributed by atoms with van der Waals surface area (Å²) in [5, 5.41) is 3.57. The predicted octanol–water partition coefficient (Wildman–Crippen LogP) is 3.02. The third kappa shape index (κ3) is 2.99. The van der Waals surface area contributed by atoms with E-state index in [2.05, 4.69) is 36.5 Å². The van der Waals surface area contributed by atoms with Crippen molar-refractivity contribution < 1.29 is 0 Å². The van der Waals surface area contributed by atoms with Gasteiger partial charge in [-0.15, -0.1) is 0 Å². The van der Waals surface area contributed by atoms with Crippen LogP contribution in [-0.2, 0) is 6.42 Å². The van der Waals surface area contributed by atoms with E-state index in [0.717, 1.165) is 6.54 Å². The maximum Gasteiger partial charge on any atom is 0.0412 e. The zero-order valence-electron chi connectivity index (χ0n) is 9.33. The summed E-state index contributed by atoms with van der Waals surface area (Å²) in [5.74, 6) is 2.47. The van der Waals surface area contributed by atoms with Gasteiger partial charge in [0.25, 0.3) is 0 Å². The van der Waals surface area contributed by atoms with Gasteiger partial charge in [-0.2, -0.15) is 11.8 Å². The highest BCUT2D eigenvalue weighted by atomic mass is 32.2. The maximum atomic E-state index is 3.57. The lowest BCUT2D eigenvalue weighted by Gasteiger charge is -2.23. The fourth-order valence-electron chi connectivity index (χ4n) is 1.98. The molecule has 0 spiro atoms. The molecule has 1 unspecified atom stereocenters. The zero-order valence-corrected chi connectivity index (χ0v) is 10.1. The Bertz CT molecular complexity index is 288. The number of benzene rings is 1. The van der Waals surface area contributed by atoms with Gasteiger partial charge in [0, 0.05) is 24.1 Å². The van der Waals surface area contributed by atoms with Crippen LogP contribution in [0.4, 0.5) is 0 Å². The Kier molecular flexibility index (Phi) is 4.09. The first-order valence-corrected chi connectivity index (χ1v) is 6.95. The van der Waals surface area contributed by atoms with Crippen molar-refractivity contribution in [1.82, 2.24) is 5.32 Å². The van der Waals surface area contributed by atoms with E-state index in [1.165, 1.54) is 35.5 Å². The molecule has 1 N–H and O–H groups in total. The topological polar surface area (TPSA) is 12.0 Å². The van der Waals surface area contributed by atoms with Crippen molar-refractivity contribution in [3.63, 3.8) is 0 Å². The molecular weight excluding hydrogens is 202 g/mol. The average Bonchev–Trinajstić information content (AvgIpc) is 2.32. The lowest BCUT2D eigenvalue weighted by atomic mass is 10.0. The summed E-state index contributed by atoms with van der Waals surface area (Å²) in [5.41, 5.74) is 2.91. The quantitative estimate of drug-likeness (QED) is 0.842. The minimum absolute atomic E-state index is 0.569. The molecule has 15 heavy (non-hydrogen) atoms. The van der Waals surface area contributed by atoms with E-state index in [1.54, 1.807) is 0 Å². The zero-order chi connectivity index (χ0) is 10.5. The second-order valence-electron chi connectivity index (χ2n) is 4.07. The molecule has 1 aliphatic rings. The monoisotopic (exact) mass is 221 g/mol. The second kappa shape index (κ2) is 5.57. The number of rotatable bonds is 3. The molecule has 1 heterocycles. The van der Waals surface area contributed by atoms with Crippen molar-refractivity contribution in [1.29, 1.82) is 0 Å². The molecule has 1 atom stereocenters. The summed E-state index contributed by atoms with van der Waals surface area (Å²) in [4.78, 5) is 0. The van der Waals surface area contributed by atoms with Crippen LogP contribution in [0.3, 0.4) is 0 Å². The van der Waals surface area contributed by atoms with Crippen molar-refractivity contribution >= 4 is 11.8 Å². The van der Waals surface area contributed by atoms with Gasteiger partial charge in [0.2, 0.25) is 0 Å².